The molecule has 1 aromatic rings. The molecule has 4 nitrogen and oxygen atoms in total. The van der Waals surface area contributed by atoms with Crippen LogP contribution >= 0.6 is 0 Å². The fourth-order valence-electron chi connectivity index (χ4n) is 3.80. The number of rotatable bonds is 2. The standard InChI is InChI=1S/C21H22N2O2/c24-21(25)17-12-19(13-17)23-11-10-20-16(14-23)7-9-18(22-20)8-6-15-4-2-1-3-5-15/h1-5,7,9,17,19-20,22H,10-14H2,(H,24,25). The number of carboxylic acids is 1. The molecule has 2 N–H and O–H groups in total. The van der Waals surface area contributed by atoms with E-state index >= 15 is 0 Å². The quantitative estimate of drug-likeness (QED) is 0.816. The normalized spacial score (nSPS) is 28.2. The maximum atomic E-state index is 11.0. The number of dihydropyridines is 1. The molecule has 0 amide bonds. The Hall–Kier alpha value is -2.51. The molecular weight excluding hydrogens is 312 g/mol. The number of nitrogens with zero attached hydrogens (tertiary/aromatic N) is 1. The average Bonchev–Trinajstić information content (AvgIpc) is 2.59. The number of fused-ring (bicyclic) bond motifs is 1. The third-order valence-electron chi connectivity index (χ3n) is 5.43. The number of benzene rings is 1. The van der Waals surface area contributed by atoms with Crippen LogP contribution in [0.3, 0.4) is 0 Å². The van der Waals surface area contributed by atoms with Gasteiger partial charge in [-0.2, -0.15) is 0 Å². The molecule has 1 saturated carbocycles. The third kappa shape index (κ3) is 3.47. The second-order valence-electron chi connectivity index (χ2n) is 7.05. The molecule has 1 unspecified atom stereocenters. The van der Waals surface area contributed by atoms with Gasteiger partial charge in [0.1, 0.15) is 0 Å². The van der Waals surface area contributed by atoms with Crippen LogP contribution < -0.4 is 5.32 Å². The molecule has 25 heavy (non-hydrogen) atoms. The van der Waals surface area contributed by atoms with Gasteiger partial charge in [-0.25, -0.2) is 0 Å². The van der Waals surface area contributed by atoms with Gasteiger partial charge in [0, 0.05) is 24.7 Å². The van der Waals surface area contributed by atoms with E-state index < -0.39 is 5.97 Å². The van der Waals surface area contributed by atoms with Crippen LogP contribution in [0.4, 0.5) is 0 Å². The lowest BCUT2D eigenvalue weighted by molar-refractivity contribution is -0.147. The van der Waals surface area contributed by atoms with Crippen molar-refractivity contribution >= 4 is 5.97 Å². The summed E-state index contributed by atoms with van der Waals surface area (Å²) in [5.74, 6) is 5.63. The van der Waals surface area contributed by atoms with Crippen LogP contribution in [-0.4, -0.2) is 41.1 Å². The summed E-state index contributed by atoms with van der Waals surface area (Å²) in [5.41, 5.74) is 3.38. The largest absolute Gasteiger partial charge is 0.481 e. The van der Waals surface area contributed by atoms with Crippen LogP contribution in [0.1, 0.15) is 24.8 Å². The zero-order chi connectivity index (χ0) is 17.2. The van der Waals surface area contributed by atoms with Gasteiger partial charge in [-0.05, 0) is 49.0 Å². The number of hydrogen-bond acceptors (Lipinski definition) is 3. The van der Waals surface area contributed by atoms with Gasteiger partial charge in [-0.3, -0.25) is 9.69 Å². The Kier molecular flexibility index (Phi) is 4.33. The third-order valence-corrected chi connectivity index (χ3v) is 5.43. The summed E-state index contributed by atoms with van der Waals surface area (Å²) in [4.78, 5) is 13.4. The lowest BCUT2D eigenvalue weighted by atomic mass is 9.78. The van der Waals surface area contributed by atoms with Crippen LogP contribution in [-0.2, 0) is 4.79 Å². The summed E-state index contributed by atoms with van der Waals surface area (Å²) < 4.78 is 0. The number of aliphatic carboxylic acids is 1. The van der Waals surface area contributed by atoms with E-state index in [4.69, 9.17) is 5.11 Å². The van der Waals surface area contributed by atoms with Crippen molar-refractivity contribution in [1.82, 2.24) is 10.2 Å². The van der Waals surface area contributed by atoms with E-state index in [-0.39, 0.29) is 5.92 Å². The number of carboxylic acid groups (broad SMARTS) is 1. The molecule has 1 saturated heterocycles. The molecule has 128 valence electrons. The Bertz CT molecular complexity index is 779. The van der Waals surface area contributed by atoms with E-state index in [0.717, 1.165) is 43.6 Å². The van der Waals surface area contributed by atoms with Crippen molar-refractivity contribution in [2.24, 2.45) is 5.92 Å². The highest BCUT2D eigenvalue weighted by Crippen LogP contribution is 2.34. The Morgan fingerprint density at radius 3 is 2.72 bits per heavy atom. The van der Waals surface area contributed by atoms with E-state index in [1.54, 1.807) is 0 Å². The van der Waals surface area contributed by atoms with Crippen LogP contribution in [0.25, 0.3) is 0 Å². The summed E-state index contributed by atoms with van der Waals surface area (Å²) in [7, 11) is 0. The van der Waals surface area contributed by atoms with Gasteiger partial charge in [-0.15, -0.1) is 0 Å². The van der Waals surface area contributed by atoms with Gasteiger partial charge in [0.2, 0.25) is 0 Å². The van der Waals surface area contributed by atoms with Gasteiger partial charge < -0.3 is 10.4 Å². The van der Waals surface area contributed by atoms with Crippen molar-refractivity contribution < 1.29 is 9.90 Å². The van der Waals surface area contributed by atoms with E-state index in [2.05, 4.69) is 34.2 Å². The van der Waals surface area contributed by atoms with E-state index in [0.29, 0.717) is 12.1 Å². The first-order valence-corrected chi connectivity index (χ1v) is 8.90. The molecular formula is C21H22N2O2. The molecule has 1 aromatic carbocycles. The highest BCUT2D eigenvalue weighted by molar-refractivity contribution is 5.71. The number of nitrogens with one attached hydrogen (secondary N) is 1. The second-order valence-corrected chi connectivity index (χ2v) is 7.05. The second kappa shape index (κ2) is 6.78. The summed E-state index contributed by atoms with van der Waals surface area (Å²) in [6.45, 7) is 1.95. The van der Waals surface area contributed by atoms with Crippen LogP contribution in [0.5, 0.6) is 0 Å². The molecule has 0 aromatic heterocycles. The maximum absolute atomic E-state index is 11.0. The summed E-state index contributed by atoms with van der Waals surface area (Å²) in [5, 5.41) is 12.6. The first-order valence-electron chi connectivity index (χ1n) is 8.90. The molecule has 2 fully saturated rings. The fourth-order valence-corrected chi connectivity index (χ4v) is 3.80. The molecule has 0 spiro atoms. The molecule has 2 aliphatic heterocycles. The zero-order valence-electron chi connectivity index (χ0n) is 14.1. The molecule has 2 heterocycles. The van der Waals surface area contributed by atoms with Gasteiger partial charge in [0.05, 0.1) is 17.7 Å². The van der Waals surface area contributed by atoms with Gasteiger partial charge in [0.15, 0.2) is 0 Å². The Morgan fingerprint density at radius 2 is 1.96 bits per heavy atom. The number of allylic oxidation sites excluding steroid dienone is 3. The van der Waals surface area contributed by atoms with Crippen LogP contribution in [0.2, 0.25) is 0 Å². The van der Waals surface area contributed by atoms with Crippen LogP contribution in [0.15, 0.2) is 53.8 Å². The topological polar surface area (TPSA) is 52.6 Å². The summed E-state index contributed by atoms with van der Waals surface area (Å²) >= 11 is 0. The lowest BCUT2D eigenvalue weighted by Gasteiger charge is -2.46. The smallest absolute Gasteiger partial charge is 0.306 e. The monoisotopic (exact) mass is 334 g/mol. The maximum Gasteiger partial charge on any atom is 0.306 e. The highest BCUT2D eigenvalue weighted by Gasteiger charge is 2.40. The SMILES string of the molecule is O=C(O)C1CC(N2CCC3NC(C#Cc4ccccc4)=CC=C3C2)C1. The molecule has 0 bridgehead atoms. The summed E-state index contributed by atoms with van der Waals surface area (Å²) in [6, 6.07) is 10.8. The van der Waals surface area contributed by atoms with Crippen molar-refractivity contribution in [3.05, 3.63) is 59.3 Å². The number of carbonyl (C=O) groups is 1. The first kappa shape index (κ1) is 16.0. The van der Waals surface area contributed by atoms with Crippen molar-refractivity contribution in [2.75, 3.05) is 13.1 Å². The van der Waals surface area contributed by atoms with Gasteiger partial charge in [-0.1, -0.05) is 30.2 Å². The zero-order valence-corrected chi connectivity index (χ0v) is 14.1. The van der Waals surface area contributed by atoms with Gasteiger partial charge >= 0.3 is 5.97 Å². The number of piperidine rings is 1. The summed E-state index contributed by atoms with van der Waals surface area (Å²) in [6.07, 6.45) is 6.89. The molecule has 4 rings (SSSR count). The minimum absolute atomic E-state index is 0.138. The van der Waals surface area contributed by atoms with Crippen LogP contribution in [0, 0.1) is 17.8 Å². The predicted octanol–water partition coefficient (Wildman–Crippen LogP) is 2.39. The van der Waals surface area contributed by atoms with E-state index in [1.165, 1.54) is 5.57 Å². The van der Waals surface area contributed by atoms with Crippen molar-refractivity contribution in [3.63, 3.8) is 0 Å². The van der Waals surface area contributed by atoms with Crippen molar-refractivity contribution in [2.45, 2.75) is 31.3 Å². The lowest BCUT2D eigenvalue weighted by Crippen LogP contribution is -2.53. The first-order chi connectivity index (χ1) is 12.2. The minimum Gasteiger partial charge on any atom is -0.481 e. The fraction of sp³-hybridized carbons (Fsp3) is 0.381. The van der Waals surface area contributed by atoms with Crippen molar-refractivity contribution in [3.8, 4) is 11.8 Å². The van der Waals surface area contributed by atoms with Crippen molar-refractivity contribution in [1.29, 1.82) is 0 Å². The van der Waals surface area contributed by atoms with Gasteiger partial charge in [0.25, 0.3) is 0 Å². The highest BCUT2D eigenvalue weighted by atomic mass is 16.4. The van der Waals surface area contributed by atoms with E-state index in [1.807, 2.05) is 30.3 Å². The van der Waals surface area contributed by atoms with E-state index in [9.17, 15) is 4.79 Å². The minimum atomic E-state index is -0.644. The Balaban J connectivity index is 1.39. The number of hydrogen-bond donors (Lipinski definition) is 2. The molecule has 4 heteroatoms. The molecule has 3 aliphatic rings. The Morgan fingerprint density at radius 1 is 1.16 bits per heavy atom. The number of likely N-dealkylation sites (tertiary alicyclic amines) is 1. The molecule has 1 atom stereocenters. The predicted molar refractivity (Wildman–Crippen MR) is 96.7 cm³/mol. The molecule has 1 aliphatic carbocycles. The average molecular weight is 334 g/mol. The Labute approximate surface area is 148 Å². The molecule has 0 radical (unpaired) electrons.